The van der Waals surface area contributed by atoms with Crippen molar-refractivity contribution in [1.29, 1.82) is 0 Å². The van der Waals surface area contributed by atoms with Gasteiger partial charge in [0.1, 0.15) is 5.82 Å². The number of aromatic nitrogens is 3. The van der Waals surface area contributed by atoms with Gasteiger partial charge in [-0.2, -0.15) is 5.10 Å². The molecule has 7 nitrogen and oxygen atoms in total. The van der Waals surface area contributed by atoms with Gasteiger partial charge < -0.3 is 15.2 Å². The number of para-hydroxylation sites is 1. The lowest BCUT2D eigenvalue weighted by molar-refractivity contribution is -0.131. The van der Waals surface area contributed by atoms with Gasteiger partial charge in [0, 0.05) is 42.2 Å². The van der Waals surface area contributed by atoms with Crippen LogP contribution in [0.3, 0.4) is 0 Å². The number of benzene rings is 1. The number of carbonyl (C=O) groups is 2. The molecular formula is C22H25N5O2. The Labute approximate surface area is 169 Å². The van der Waals surface area contributed by atoms with E-state index in [2.05, 4.69) is 21.5 Å². The van der Waals surface area contributed by atoms with Gasteiger partial charge in [-0.15, -0.1) is 0 Å². The molecular weight excluding hydrogens is 366 g/mol. The Morgan fingerprint density at radius 1 is 1.10 bits per heavy atom. The van der Waals surface area contributed by atoms with E-state index in [4.69, 9.17) is 0 Å². The molecule has 0 unspecified atom stereocenters. The number of rotatable bonds is 5. The zero-order chi connectivity index (χ0) is 19.8. The van der Waals surface area contributed by atoms with Crippen LogP contribution in [-0.2, 0) is 16.0 Å². The molecule has 1 aliphatic heterocycles. The molecule has 1 aromatic carbocycles. The van der Waals surface area contributed by atoms with Crippen molar-refractivity contribution in [2.24, 2.45) is 5.92 Å². The van der Waals surface area contributed by atoms with Crippen molar-refractivity contribution in [2.45, 2.75) is 38.1 Å². The maximum Gasteiger partial charge on any atom is 0.228 e. The third-order valence-corrected chi connectivity index (χ3v) is 6.05. The molecule has 7 heteroatoms. The van der Waals surface area contributed by atoms with Crippen molar-refractivity contribution in [3.63, 3.8) is 0 Å². The molecule has 1 aliphatic carbocycles. The summed E-state index contributed by atoms with van der Waals surface area (Å²) >= 11 is 0. The second-order valence-electron chi connectivity index (χ2n) is 8.07. The van der Waals surface area contributed by atoms with Crippen molar-refractivity contribution in [3.05, 3.63) is 48.3 Å². The quantitative estimate of drug-likeness (QED) is 0.701. The van der Waals surface area contributed by atoms with E-state index in [1.807, 2.05) is 40.0 Å². The average molecular weight is 391 g/mol. The van der Waals surface area contributed by atoms with Crippen LogP contribution in [0, 0.1) is 5.92 Å². The van der Waals surface area contributed by atoms with Crippen LogP contribution in [0.15, 0.2) is 42.7 Å². The van der Waals surface area contributed by atoms with Crippen molar-refractivity contribution in [1.82, 2.24) is 19.7 Å². The number of amides is 2. The third-order valence-electron chi connectivity index (χ3n) is 6.05. The Balaban J connectivity index is 1.20. The lowest BCUT2D eigenvalue weighted by atomic mass is 10.0. The van der Waals surface area contributed by atoms with Crippen LogP contribution in [0.5, 0.6) is 0 Å². The number of anilines is 1. The van der Waals surface area contributed by atoms with Crippen LogP contribution in [0.4, 0.5) is 5.82 Å². The molecule has 0 radical (unpaired) electrons. The standard InChI is InChI=1S/C22H25N5O2/c28-21(13-16-14-23-19-4-2-1-3-18(16)19)26-11-8-17(9-12-26)27-20(7-10-24-27)25-22(29)15-5-6-15/h1-4,7,10,14-15,17,23H,5-6,8-9,11-13H2,(H,25,29). The van der Waals surface area contributed by atoms with Crippen molar-refractivity contribution < 1.29 is 9.59 Å². The summed E-state index contributed by atoms with van der Waals surface area (Å²) in [7, 11) is 0. The summed E-state index contributed by atoms with van der Waals surface area (Å²) in [5.41, 5.74) is 2.11. The summed E-state index contributed by atoms with van der Waals surface area (Å²) in [6.07, 6.45) is 7.74. The normalized spacial score (nSPS) is 17.6. The molecule has 0 bridgehead atoms. The van der Waals surface area contributed by atoms with E-state index in [1.54, 1.807) is 6.20 Å². The van der Waals surface area contributed by atoms with Gasteiger partial charge in [0.05, 0.1) is 18.7 Å². The van der Waals surface area contributed by atoms with Crippen LogP contribution >= 0.6 is 0 Å². The molecule has 2 fully saturated rings. The van der Waals surface area contributed by atoms with Crippen LogP contribution in [0.1, 0.15) is 37.3 Å². The number of nitrogens with one attached hydrogen (secondary N) is 2. The molecule has 3 heterocycles. The number of aromatic amines is 1. The highest BCUT2D eigenvalue weighted by molar-refractivity contribution is 5.93. The fourth-order valence-electron chi connectivity index (χ4n) is 4.19. The Morgan fingerprint density at radius 2 is 1.90 bits per heavy atom. The second-order valence-corrected chi connectivity index (χ2v) is 8.07. The molecule has 1 saturated carbocycles. The Hall–Kier alpha value is -3.09. The number of hydrogen-bond donors (Lipinski definition) is 2. The van der Waals surface area contributed by atoms with E-state index in [9.17, 15) is 9.59 Å². The highest BCUT2D eigenvalue weighted by Gasteiger charge is 2.31. The Morgan fingerprint density at radius 3 is 2.69 bits per heavy atom. The minimum Gasteiger partial charge on any atom is -0.361 e. The molecule has 1 saturated heterocycles. The highest BCUT2D eigenvalue weighted by atomic mass is 16.2. The van der Waals surface area contributed by atoms with Gasteiger partial charge in [0.2, 0.25) is 11.8 Å². The maximum absolute atomic E-state index is 12.8. The second kappa shape index (κ2) is 7.39. The zero-order valence-electron chi connectivity index (χ0n) is 16.3. The first-order valence-electron chi connectivity index (χ1n) is 10.4. The molecule has 2 aromatic heterocycles. The molecule has 0 atom stereocenters. The van der Waals surface area contributed by atoms with Crippen LogP contribution in [0.2, 0.25) is 0 Å². The lowest BCUT2D eigenvalue weighted by Crippen LogP contribution is -2.40. The monoisotopic (exact) mass is 391 g/mol. The van der Waals surface area contributed by atoms with Gasteiger partial charge in [-0.05, 0) is 37.3 Å². The summed E-state index contributed by atoms with van der Waals surface area (Å²) < 4.78 is 1.92. The van der Waals surface area contributed by atoms with Crippen LogP contribution in [0.25, 0.3) is 10.9 Å². The summed E-state index contributed by atoms with van der Waals surface area (Å²) in [5, 5.41) is 8.55. The van der Waals surface area contributed by atoms with Crippen LogP contribution in [-0.4, -0.2) is 44.6 Å². The smallest absolute Gasteiger partial charge is 0.228 e. The van der Waals surface area contributed by atoms with Gasteiger partial charge in [0.25, 0.3) is 0 Å². The fraction of sp³-hybridized carbons (Fsp3) is 0.409. The first kappa shape index (κ1) is 18.0. The topological polar surface area (TPSA) is 83.0 Å². The molecule has 2 amide bonds. The van der Waals surface area contributed by atoms with Crippen molar-refractivity contribution in [3.8, 4) is 0 Å². The van der Waals surface area contributed by atoms with E-state index in [-0.39, 0.29) is 23.8 Å². The van der Waals surface area contributed by atoms with Gasteiger partial charge in [-0.25, -0.2) is 4.68 Å². The number of piperidine rings is 1. The fourth-order valence-corrected chi connectivity index (χ4v) is 4.19. The Bertz CT molecular complexity index is 1040. The summed E-state index contributed by atoms with van der Waals surface area (Å²) in [6.45, 7) is 1.42. The van der Waals surface area contributed by atoms with E-state index >= 15 is 0 Å². The molecule has 29 heavy (non-hydrogen) atoms. The minimum atomic E-state index is 0.0955. The van der Waals surface area contributed by atoms with Gasteiger partial charge in [-0.1, -0.05) is 18.2 Å². The predicted octanol–water partition coefficient (Wildman–Crippen LogP) is 3.12. The average Bonchev–Trinajstić information content (AvgIpc) is 3.39. The van der Waals surface area contributed by atoms with E-state index < -0.39 is 0 Å². The first-order chi connectivity index (χ1) is 14.2. The summed E-state index contributed by atoms with van der Waals surface area (Å²) in [4.78, 5) is 30.1. The van der Waals surface area contributed by atoms with Crippen LogP contribution < -0.4 is 5.32 Å². The largest absolute Gasteiger partial charge is 0.361 e. The predicted molar refractivity (Wildman–Crippen MR) is 110 cm³/mol. The molecule has 2 aliphatic rings. The zero-order valence-corrected chi connectivity index (χ0v) is 16.3. The molecule has 5 rings (SSSR count). The van der Waals surface area contributed by atoms with E-state index in [0.717, 1.165) is 48.0 Å². The molecule has 150 valence electrons. The third kappa shape index (κ3) is 3.64. The Kier molecular flexibility index (Phi) is 4.58. The van der Waals surface area contributed by atoms with Gasteiger partial charge in [0.15, 0.2) is 0 Å². The maximum atomic E-state index is 12.8. The SMILES string of the molecule is O=C(Nc1ccnn1C1CCN(C(=O)Cc2c[nH]c3ccccc23)CC1)C1CC1. The van der Waals surface area contributed by atoms with Crippen molar-refractivity contribution in [2.75, 3.05) is 18.4 Å². The number of H-pyrrole nitrogens is 1. The van der Waals surface area contributed by atoms with E-state index in [1.165, 1.54) is 0 Å². The number of hydrogen-bond acceptors (Lipinski definition) is 3. The number of fused-ring (bicyclic) bond motifs is 1. The lowest BCUT2D eigenvalue weighted by Gasteiger charge is -2.32. The number of likely N-dealkylation sites (tertiary alicyclic amines) is 1. The molecule has 0 spiro atoms. The first-order valence-corrected chi connectivity index (χ1v) is 10.4. The van der Waals surface area contributed by atoms with Crippen molar-refractivity contribution >= 4 is 28.5 Å². The number of carbonyl (C=O) groups excluding carboxylic acids is 2. The van der Waals surface area contributed by atoms with E-state index in [0.29, 0.717) is 19.5 Å². The summed E-state index contributed by atoms with van der Waals surface area (Å²) in [6, 6.07) is 10.1. The number of nitrogens with zero attached hydrogens (tertiary/aromatic N) is 3. The van der Waals surface area contributed by atoms with Gasteiger partial charge >= 0.3 is 0 Å². The minimum absolute atomic E-state index is 0.0955. The molecule has 2 N–H and O–H groups in total. The highest BCUT2D eigenvalue weighted by Crippen LogP contribution is 2.31. The molecule has 3 aromatic rings. The van der Waals surface area contributed by atoms with Gasteiger partial charge in [-0.3, -0.25) is 9.59 Å². The summed E-state index contributed by atoms with van der Waals surface area (Å²) in [5.74, 6) is 1.20.